The number of nitrogen functional groups attached to an aromatic ring is 1. The van der Waals surface area contributed by atoms with E-state index in [1.165, 1.54) is 12.8 Å². The third-order valence-corrected chi connectivity index (χ3v) is 3.20. The Labute approximate surface area is 109 Å². The molecule has 1 aromatic rings. The van der Waals surface area contributed by atoms with E-state index in [2.05, 4.69) is 17.3 Å². The molecular weight excluding hydrogens is 228 g/mol. The highest BCUT2D eigenvalue weighted by atomic mass is 16.5. The Morgan fingerprint density at radius 1 is 1.50 bits per heavy atom. The predicted molar refractivity (Wildman–Crippen MR) is 73.7 cm³/mol. The molecule has 2 rings (SSSR count). The molecule has 1 saturated carbocycles. The predicted octanol–water partition coefficient (Wildman–Crippen LogP) is 2.02. The molecule has 0 aromatic carbocycles. The monoisotopic (exact) mass is 252 g/mol. The topological polar surface area (TPSA) is 65.1 Å². The summed E-state index contributed by atoms with van der Waals surface area (Å²) in [5.41, 5.74) is 7.67. The summed E-state index contributed by atoms with van der Waals surface area (Å²) in [7, 11) is 0. The van der Waals surface area contributed by atoms with Crippen LogP contribution in [-0.2, 0) is 11.3 Å². The third-order valence-electron chi connectivity index (χ3n) is 3.20. The Kier molecular flexibility index (Phi) is 4.47. The second-order valence-electron chi connectivity index (χ2n) is 5.02. The smallest absolute Gasteiger partial charge is 0.148 e. The van der Waals surface area contributed by atoms with Crippen LogP contribution in [0, 0.1) is 12.8 Å². The first-order valence-electron chi connectivity index (χ1n) is 6.86. The lowest BCUT2D eigenvalue weighted by molar-refractivity contribution is 0.133. The minimum absolute atomic E-state index is 0.728. The van der Waals surface area contributed by atoms with Crippen molar-refractivity contribution in [2.45, 2.75) is 39.7 Å². The first kappa shape index (κ1) is 13.2. The Balaban J connectivity index is 1.78. The molecule has 5 nitrogen and oxygen atoms in total. The average molecular weight is 252 g/mol. The molecule has 1 heterocycles. The summed E-state index contributed by atoms with van der Waals surface area (Å²) >= 11 is 0. The molecule has 3 N–H and O–H groups in total. The fourth-order valence-electron chi connectivity index (χ4n) is 1.93. The highest BCUT2D eigenvalue weighted by molar-refractivity contribution is 5.64. The number of nitrogens with one attached hydrogen (secondary N) is 1. The Morgan fingerprint density at radius 3 is 2.94 bits per heavy atom. The van der Waals surface area contributed by atoms with Gasteiger partial charge in [0.2, 0.25) is 0 Å². The van der Waals surface area contributed by atoms with Gasteiger partial charge in [0, 0.05) is 19.7 Å². The number of hydrogen-bond acceptors (Lipinski definition) is 4. The molecule has 0 radical (unpaired) electrons. The summed E-state index contributed by atoms with van der Waals surface area (Å²) < 4.78 is 7.54. The van der Waals surface area contributed by atoms with Crippen molar-refractivity contribution in [2.75, 3.05) is 30.8 Å². The minimum atomic E-state index is 0.728. The van der Waals surface area contributed by atoms with Crippen LogP contribution in [0.3, 0.4) is 0 Å². The molecular formula is C13H24N4O. The van der Waals surface area contributed by atoms with Crippen molar-refractivity contribution in [1.29, 1.82) is 0 Å². The van der Waals surface area contributed by atoms with E-state index in [9.17, 15) is 0 Å². The fourth-order valence-corrected chi connectivity index (χ4v) is 1.93. The van der Waals surface area contributed by atoms with Gasteiger partial charge in [-0.1, -0.05) is 6.92 Å². The second-order valence-corrected chi connectivity index (χ2v) is 5.02. The van der Waals surface area contributed by atoms with E-state index in [0.29, 0.717) is 0 Å². The Hall–Kier alpha value is -1.23. The maximum atomic E-state index is 6.02. The van der Waals surface area contributed by atoms with E-state index in [4.69, 9.17) is 10.5 Å². The van der Waals surface area contributed by atoms with Gasteiger partial charge in [0.15, 0.2) is 0 Å². The molecule has 0 amide bonds. The summed E-state index contributed by atoms with van der Waals surface area (Å²) in [4.78, 5) is 0. The molecule has 18 heavy (non-hydrogen) atoms. The largest absolute Gasteiger partial charge is 0.394 e. The maximum absolute atomic E-state index is 6.02. The van der Waals surface area contributed by atoms with Crippen LogP contribution in [0.5, 0.6) is 0 Å². The van der Waals surface area contributed by atoms with Gasteiger partial charge in [-0.25, -0.2) is 4.68 Å². The number of ether oxygens (including phenoxy) is 1. The molecule has 1 aliphatic carbocycles. The summed E-state index contributed by atoms with van der Waals surface area (Å²) in [5.74, 6) is 1.76. The van der Waals surface area contributed by atoms with Gasteiger partial charge in [-0.15, -0.1) is 0 Å². The average Bonchev–Trinajstić information content (AvgIpc) is 3.12. The molecule has 0 atom stereocenters. The fraction of sp³-hybridized carbons (Fsp3) is 0.769. The Bertz CT molecular complexity index is 385. The minimum Gasteiger partial charge on any atom is -0.394 e. The number of rotatable bonds is 8. The summed E-state index contributed by atoms with van der Waals surface area (Å²) in [6, 6.07) is 0. The molecule has 1 fully saturated rings. The van der Waals surface area contributed by atoms with E-state index in [-0.39, 0.29) is 0 Å². The van der Waals surface area contributed by atoms with Crippen LogP contribution in [0.1, 0.15) is 31.9 Å². The van der Waals surface area contributed by atoms with E-state index in [1.807, 2.05) is 11.6 Å². The van der Waals surface area contributed by atoms with E-state index in [0.717, 1.165) is 55.8 Å². The van der Waals surface area contributed by atoms with Gasteiger partial charge in [-0.05, 0) is 32.1 Å². The lowest BCUT2D eigenvalue weighted by Crippen LogP contribution is -2.15. The zero-order valence-electron chi connectivity index (χ0n) is 11.4. The highest BCUT2D eigenvalue weighted by Gasteiger charge is 2.20. The summed E-state index contributed by atoms with van der Waals surface area (Å²) in [6.45, 7) is 7.39. The van der Waals surface area contributed by atoms with Crippen molar-refractivity contribution in [3.63, 3.8) is 0 Å². The van der Waals surface area contributed by atoms with Crippen LogP contribution in [-0.4, -0.2) is 29.5 Å². The lowest BCUT2D eigenvalue weighted by atomic mass is 10.4. The van der Waals surface area contributed by atoms with Gasteiger partial charge in [0.1, 0.15) is 5.82 Å². The Morgan fingerprint density at radius 2 is 2.28 bits per heavy atom. The van der Waals surface area contributed by atoms with E-state index in [1.54, 1.807) is 0 Å². The molecule has 5 heteroatoms. The van der Waals surface area contributed by atoms with Gasteiger partial charge >= 0.3 is 0 Å². The third kappa shape index (κ3) is 3.38. The van der Waals surface area contributed by atoms with Gasteiger partial charge in [-0.2, -0.15) is 5.10 Å². The van der Waals surface area contributed by atoms with Crippen molar-refractivity contribution >= 4 is 11.5 Å². The van der Waals surface area contributed by atoms with Crippen molar-refractivity contribution < 1.29 is 4.74 Å². The van der Waals surface area contributed by atoms with Crippen molar-refractivity contribution in [2.24, 2.45) is 5.92 Å². The zero-order chi connectivity index (χ0) is 13.0. The SMILES string of the molecule is CCCn1nc(C)c(N)c1NCCOCC1CC1. The number of aryl methyl sites for hydroxylation is 2. The van der Waals surface area contributed by atoms with Crippen molar-refractivity contribution in [3.05, 3.63) is 5.69 Å². The van der Waals surface area contributed by atoms with Gasteiger partial charge < -0.3 is 15.8 Å². The molecule has 1 aromatic heterocycles. The molecule has 0 spiro atoms. The number of nitrogens with two attached hydrogens (primary N) is 1. The molecule has 0 saturated heterocycles. The normalized spacial score (nSPS) is 15.0. The van der Waals surface area contributed by atoms with Crippen molar-refractivity contribution in [1.82, 2.24) is 9.78 Å². The van der Waals surface area contributed by atoms with Crippen molar-refractivity contribution in [3.8, 4) is 0 Å². The zero-order valence-corrected chi connectivity index (χ0v) is 11.4. The summed E-state index contributed by atoms with van der Waals surface area (Å²) in [5, 5.41) is 7.76. The van der Waals surface area contributed by atoms with Gasteiger partial charge in [0.05, 0.1) is 18.0 Å². The maximum Gasteiger partial charge on any atom is 0.148 e. The van der Waals surface area contributed by atoms with Crippen LogP contribution >= 0.6 is 0 Å². The number of anilines is 2. The number of aromatic nitrogens is 2. The standard InChI is InChI=1S/C13H24N4O/c1-3-7-17-13(12(14)10(2)16-17)15-6-8-18-9-11-4-5-11/h11,15H,3-9,14H2,1-2H3. The van der Waals surface area contributed by atoms with E-state index < -0.39 is 0 Å². The molecule has 1 aliphatic rings. The summed E-state index contributed by atoms with van der Waals surface area (Å²) in [6.07, 6.45) is 3.72. The first-order chi connectivity index (χ1) is 8.72. The lowest BCUT2D eigenvalue weighted by Gasteiger charge is -2.10. The number of hydrogen-bond donors (Lipinski definition) is 2. The molecule has 0 unspecified atom stereocenters. The highest BCUT2D eigenvalue weighted by Crippen LogP contribution is 2.28. The molecule has 0 aliphatic heterocycles. The first-order valence-corrected chi connectivity index (χ1v) is 6.86. The van der Waals surface area contributed by atoms with E-state index >= 15 is 0 Å². The molecule has 102 valence electrons. The van der Waals surface area contributed by atoms with Gasteiger partial charge in [0.25, 0.3) is 0 Å². The van der Waals surface area contributed by atoms with Crippen LogP contribution < -0.4 is 11.1 Å². The quantitative estimate of drug-likeness (QED) is 0.695. The van der Waals surface area contributed by atoms with Crippen LogP contribution in [0.4, 0.5) is 11.5 Å². The molecule has 0 bridgehead atoms. The van der Waals surface area contributed by atoms with Gasteiger partial charge in [-0.3, -0.25) is 0 Å². The van der Waals surface area contributed by atoms with Crippen LogP contribution in [0.25, 0.3) is 0 Å². The van der Waals surface area contributed by atoms with Crippen LogP contribution in [0.2, 0.25) is 0 Å². The second kappa shape index (κ2) is 6.09. The van der Waals surface area contributed by atoms with Crippen LogP contribution in [0.15, 0.2) is 0 Å². The number of nitrogens with zero attached hydrogens (tertiary/aromatic N) is 2.